The van der Waals surface area contributed by atoms with Gasteiger partial charge in [0.2, 0.25) is 0 Å². The maximum Gasteiger partial charge on any atom is 0.253 e. The van der Waals surface area contributed by atoms with Crippen molar-refractivity contribution in [3.8, 4) is 0 Å². The Bertz CT molecular complexity index is 643. The van der Waals surface area contributed by atoms with Crippen LogP contribution in [0.5, 0.6) is 0 Å². The topological polar surface area (TPSA) is 67.2 Å². The molecule has 1 amide bonds. The molecular weight excluding hydrogens is 269 g/mol. The molecule has 0 bridgehead atoms. The van der Waals surface area contributed by atoms with E-state index in [1.54, 1.807) is 0 Å². The number of nitrogens with two attached hydrogens (primary N) is 1. The second-order valence-electron chi connectivity index (χ2n) is 4.80. The number of rotatable bonds is 5. The molecule has 0 aliphatic heterocycles. The predicted molar refractivity (Wildman–Crippen MR) is 81.4 cm³/mol. The van der Waals surface area contributed by atoms with E-state index in [0.29, 0.717) is 13.0 Å². The first kappa shape index (κ1) is 15.0. The molecule has 4 N–H and O–H groups in total. The molecule has 2 rings (SSSR count). The Morgan fingerprint density at radius 3 is 2.71 bits per heavy atom. The number of hydrazine groups is 1. The molecule has 0 fully saturated rings. The highest BCUT2D eigenvalue weighted by Crippen LogP contribution is 2.18. The van der Waals surface area contributed by atoms with Crippen molar-refractivity contribution in [2.75, 3.05) is 12.0 Å². The first-order chi connectivity index (χ1) is 10.1. The van der Waals surface area contributed by atoms with E-state index in [9.17, 15) is 9.18 Å². The smallest absolute Gasteiger partial charge is 0.253 e. The fourth-order valence-electron chi connectivity index (χ4n) is 2.14. The zero-order valence-corrected chi connectivity index (χ0v) is 11.8. The second-order valence-corrected chi connectivity index (χ2v) is 4.80. The Labute approximate surface area is 123 Å². The molecule has 0 spiro atoms. The summed E-state index contributed by atoms with van der Waals surface area (Å²) < 4.78 is 13.5. The third-order valence-electron chi connectivity index (χ3n) is 3.18. The van der Waals surface area contributed by atoms with E-state index in [1.165, 1.54) is 23.8 Å². The highest BCUT2D eigenvalue weighted by molar-refractivity contribution is 5.99. The summed E-state index contributed by atoms with van der Waals surface area (Å²) >= 11 is 0. The largest absolute Gasteiger partial charge is 0.352 e. The van der Waals surface area contributed by atoms with Crippen LogP contribution >= 0.6 is 0 Å². The Morgan fingerprint density at radius 1 is 1.24 bits per heavy atom. The number of aryl methyl sites for hydroxylation is 1. The zero-order valence-electron chi connectivity index (χ0n) is 11.8. The van der Waals surface area contributed by atoms with Gasteiger partial charge in [-0.2, -0.15) is 0 Å². The maximum absolute atomic E-state index is 13.5. The predicted octanol–water partition coefficient (Wildman–Crippen LogP) is 2.39. The minimum absolute atomic E-state index is 0.00514. The molecule has 0 aliphatic rings. The third-order valence-corrected chi connectivity index (χ3v) is 3.18. The number of hydrogen-bond acceptors (Lipinski definition) is 3. The molecule has 0 heterocycles. The van der Waals surface area contributed by atoms with Gasteiger partial charge in [-0.15, -0.1) is 0 Å². The SMILES string of the molecule is Cc1cccc(CCNC(=O)c2cccc(F)c2NN)c1. The molecule has 0 radical (unpaired) electrons. The number of nitrogens with one attached hydrogen (secondary N) is 2. The highest BCUT2D eigenvalue weighted by Gasteiger charge is 2.13. The van der Waals surface area contributed by atoms with Crippen molar-refractivity contribution >= 4 is 11.6 Å². The summed E-state index contributed by atoms with van der Waals surface area (Å²) in [6.07, 6.45) is 0.716. The van der Waals surface area contributed by atoms with Crippen molar-refractivity contribution < 1.29 is 9.18 Å². The van der Waals surface area contributed by atoms with Crippen LogP contribution in [0.4, 0.5) is 10.1 Å². The summed E-state index contributed by atoms with van der Waals surface area (Å²) in [6.45, 7) is 2.50. The maximum atomic E-state index is 13.5. The van der Waals surface area contributed by atoms with Crippen LogP contribution in [-0.4, -0.2) is 12.5 Å². The third kappa shape index (κ3) is 3.79. The molecule has 0 saturated heterocycles. The van der Waals surface area contributed by atoms with E-state index in [1.807, 2.05) is 25.1 Å². The minimum Gasteiger partial charge on any atom is -0.352 e. The van der Waals surface area contributed by atoms with Crippen molar-refractivity contribution in [1.29, 1.82) is 0 Å². The van der Waals surface area contributed by atoms with Crippen LogP contribution in [0.15, 0.2) is 42.5 Å². The summed E-state index contributed by atoms with van der Waals surface area (Å²) in [4.78, 5) is 12.1. The number of nitrogen functional groups attached to an aromatic ring is 1. The van der Waals surface area contributed by atoms with Gasteiger partial charge in [0.15, 0.2) is 0 Å². The summed E-state index contributed by atoms with van der Waals surface area (Å²) in [6, 6.07) is 12.3. The van der Waals surface area contributed by atoms with Gasteiger partial charge in [0.25, 0.3) is 5.91 Å². The fourth-order valence-corrected chi connectivity index (χ4v) is 2.14. The number of amides is 1. The van der Waals surface area contributed by atoms with Gasteiger partial charge in [0.1, 0.15) is 5.82 Å². The Morgan fingerprint density at radius 2 is 2.00 bits per heavy atom. The summed E-state index contributed by atoms with van der Waals surface area (Å²) in [5, 5.41) is 2.77. The van der Waals surface area contributed by atoms with E-state index in [2.05, 4.69) is 16.8 Å². The first-order valence-electron chi connectivity index (χ1n) is 6.70. The number of benzene rings is 2. The Kier molecular flexibility index (Phi) is 4.90. The fraction of sp³-hybridized carbons (Fsp3) is 0.188. The molecule has 2 aromatic rings. The molecular formula is C16H18FN3O. The van der Waals surface area contributed by atoms with Crippen LogP contribution in [0.2, 0.25) is 0 Å². The molecule has 0 unspecified atom stereocenters. The van der Waals surface area contributed by atoms with E-state index in [-0.39, 0.29) is 17.2 Å². The molecule has 4 nitrogen and oxygen atoms in total. The van der Waals surface area contributed by atoms with Gasteiger partial charge in [-0.3, -0.25) is 10.6 Å². The average molecular weight is 287 g/mol. The van der Waals surface area contributed by atoms with Crippen molar-refractivity contribution in [3.05, 3.63) is 65.0 Å². The van der Waals surface area contributed by atoms with Gasteiger partial charge < -0.3 is 10.7 Å². The van der Waals surface area contributed by atoms with Crippen LogP contribution in [0.25, 0.3) is 0 Å². The molecule has 0 aliphatic carbocycles. The Balaban J connectivity index is 1.98. The van der Waals surface area contributed by atoms with Crippen molar-refractivity contribution in [2.24, 2.45) is 5.84 Å². The minimum atomic E-state index is -0.552. The van der Waals surface area contributed by atoms with E-state index < -0.39 is 5.82 Å². The van der Waals surface area contributed by atoms with Crippen molar-refractivity contribution in [1.82, 2.24) is 5.32 Å². The number of hydrogen-bond donors (Lipinski definition) is 3. The monoisotopic (exact) mass is 287 g/mol. The standard InChI is InChI=1S/C16H18FN3O/c1-11-4-2-5-12(10-11)8-9-19-16(21)13-6-3-7-14(17)15(13)20-18/h2-7,10,20H,8-9,18H2,1H3,(H,19,21). The van der Waals surface area contributed by atoms with Gasteiger partial charge in [0, 0.05) is 6.54 Å². The molecule has 5 heteroatoms. The van der Waals surface area contributed by atoms with E-state index >= 15 is 0 Å². The Hall–Kier alpha value is -2.40. The normalized spacial score (nSPS) is 10.2. The quantitative estimate of drug-likeness (QED) is 0.584. The highest BCUT2D eigenvalue weighted by atomic mass is 19.1. The summed E-state index contributed by atoms with van der Waals surface area (Å²) in [5.74, 6) is 4.35. The van der Waals surface area contributed by atoms with Gasteiger partial charge >= 0.3 is 0 Å². The van der Waals surface area contributed by atoms with E-state index in [4.69, 9.17) is 5.84 Å². The summed E-state index contributed by atoms with van der Waals surface area (Å²) in [7, 11) is 0. The number of para-hydroxylation sites is 1. The molecule has 0 aromatic heterocycles. The van der Waals surface area contributed by atoms with Crippen LogP contribution in [0, 0.1) is 12.7 Å². The number of halogens is 1. The lowest BCUT2D eigenvalue weighted by atomic mass is 10.1. The van der Waals surface area contributed by atoms with Crippen LogP contribution < -0.4 is 16.6 Å². The molecule has 0 saturated carbocycles. The van der Waals surface area contributed by atoms with Crippen LogP contribution in [0.3, 0.4) is 0 Å². The lowest BCUT2D eigenvalue weighted by Gasteiger charge is -2.10. The van der Waals surface area contributed by atoms with Gasteiger partial charge in [-0.1, -0.05) is 35.9 Å². The molecule has 21 heavy (non-hydrogen) atoms. The number of anilines is 1. The lowest BCUT2D eigenvalue weighted by Crippen LogP contribution is -2.27. The van der Waals surface area contributed by atoms with E-state index in [0.717, 1.165) is 5.56 Å². The number of carbonyl (C=O) groups is 1. The van der Waals surface area contributed by atoms with Crippen molar-refractivity contribution in [3.63, 3.8) is 0 Å². The average Bonchev–Trinajstić information content (AvgIpc) is 2.47. The molecule has 2 aromatic carbocycles. The first-order valence-corrected chi connectivity index (χ1v) is 6.70. The van der Waals surface area contributed by atoms with Gasteiger partial charge in [-0.25, -0.2) is 4.39 Å². The van der Waals surface area contributed by atoms with Crippen LogP contribution in [0.1, 0.15) is 21.5 Å². The zero-order chi connectivity index (χ0) is 15.2. The van der Waals surface area contributed by atoms with Crippen LogP contribution in [-0.2, 0) is 6.42 Å². The second kappa shape index (κ2) is 6.85. The molecule has 110 valence electrons. The van der Waals surface area contributed by atoms with Gasteiger partial charge in [-0.05, 0) is 31.0 Å². The number of carbonyl (C=O) groups excluding carboxylic acids is 1. The summed E-state index contributed by atoms with van der Waals surface area (Å²) in [5.41, 5.74) is 4.75. The van der Waals surface area contributed by atoms with Crippen molar-refractivity contribution in [2.45, 2.75) is 13.3 Å². The molecule has 0 atom stereocenters. The lowest BCUT2D eigenvalue weighted by molar-refractivity contribution is 0.0954. The van der Waals surface area contributed by atoms with Gasteiger partial charge in [0.05, 0.1) is 11.3 Å².